The fourth-order valence-electron chi connectivity index (χ4n) is 1.46. The van der Waals surface area contributed by atoms with Gasteiger partial charge in [0, 0.05) is 0 Å². The highest BCUT2D eigenvalue weighted by atomic mass is 16.7. The van der Waals surface area contributed by atoms with E-state index in [1.54, 1.807) is 0 Å². The van der Waals surface area contributed by atoms with E-state index in [4.69, 9.17) is 9.57 Å². The van der Waals surface area contributed by atoms with Gasteiger partial charge in [-0.1, -0.05) is 26.0 Å². The molecule has 1 amide bonds. The number of hydrogen-bond donors (Lipinski definition) is 1. The first kappa shape index (κ1) is 15.5. The molecule has 0 unspecified atom stereocenters. The van der Waals surface area contributed by atoms with Crippen molar-refractivity contribution in [2.45, 2.75) is 34.1 Å². The molecule has 0 aliphatic rings. The predicted molar refractivity (Wildman–Crippen MR) is 75.0 cm³/mol. The van der Waals surface area contributed by atoms with Gasteiger partial charge in [-0.3, -0.25) is 9.63 Å². The van der Waals surface area contributed by atoms with Gasteiger partial charge in [-0.25, -0.2) is 5.48 Å². The monoisotopic (exact) mass is 265 g/mol. The van der Waals surface area contributed by atoms with Crippen LogP contribution in [-0.4, -0.2) is 19.1 Å². The second-order valence-electron chi connectivity index (χ2n) is 5.10. The Morgan fingerprint density at radius 2 is 2.05 bits per heavy atom. The van der Waals surface area contributed by atoms with Crippen molar-refractivity contribution in [3.8, 4) is 5.75 Å². The highest BCUT2D eigenvalue weighted by Crippen LogP contribution is 2.19. The highest BCUT2D eigenvalue weighted by molar-refractivity contribution is 5.74. The molecular formula is C15H23NO3. The summed E-state index contributed by atoms with van der Waals surface area (Å²) < 4.78 is 5.60. The van der Waals surface area contributed by atoms with Crippen molar-refractivity contribution in [2.75, 3.05) is 13.2 Å². The summed E-state index contributed by atoms with van der Waals surface area (Å²) in [4.78, 5) is 16.5. The lowest BCUT2D eigenvalue weighted by molar-refractivity contribution is -0.134. The minimum atomic E-state index is -0.161. The summed E-state index contributed by atoms with van der Waals surface area (Å²) in [5.74, 6) is 1.06. The van der Waals surface area contributed by atoms with Crippen LogP contribution in [0.2, 0.25) is 0 Å². The number of rotatable bonds is 7. The number of hydroxylamine groups is 1. The molecule has 106 valence electrons. The predicted octanol–water partition coefficient (Wildman–Crippen LogP) is 2.78. The molecule has 0 saturated heterocycles. The van der Waals surface area contributed by atoms with E-state index >= 15 is 0 Å². The number of carbonyl (C=O) groups excluding carboxylic acids is 1. The molecule has 0 fully saturated rings. The zero-order chi connectivity index (χ0) is 14.3. The molecule has 0 atom stereocenters. The Bertz CT molecular complexity index is 416. The van der Waals surface area contributed by atoms with E-state index < -0.39 is 0 Å². The molecule has 1 aromatic carbocycles. The van der Waals surface area contributed by atoms with Gasteiger partial charge in [0.2, 0.25) is 5.91 Å². The minimum absolute atomic E-state index is 0.161. The zero-order valence-corrected chi connectivity index (χ0v) is 12.2. The van der Waals surface area contributed by atoms with Crippen LogP contribution in [-0.2, 0) is 9.63 Å². The lowest BCUT2D eigenvalue weighted by atomic mass is 10.1. The van der Waals surface area contributed by atoms with Gasteiger partial charge in [-0.2, -0.15) is 0 Å². The van der Waals surface area contributed by atoms with Crippen molar-refractivity contribution in [2.24, 2.45) is 5.92 Å². The fraction of sp³-hybridized carbons (Fsp3) is 0.533. The second kappa shape index (κ2) is 7.79. The molecule has 0 bridgehead atoms. The van der Waals surface area contributed by atoms with E-state index in [0.717, 1.165) is 16.9 Å². The lowest BCUT2D eigenvalue weighted by Crippen LogP contribution is -2.26. The number of carbonyl (C=O) groups is 1. The number of ether oxygens (including phenoxy) is 1. The van der Waals surface area contributed by atoms with Crippen molar-refractivity contribution in [1.29, 1.82) is 0 Å². The van der Waals surface area contributed by atoms with Gasteiger partial charge >= 0.3 is 0 Å². The third kappa shape index (κ3) is 6.25. The molecule has 4 nitrogen and oxygen atoms in total. The maximum absolute atomic E-state index is 11.5. The Balaban J connectivity index is 2.26. The van der Waals surface area contributed by atoms with Crippen LogP contribution in [0.15, 0.2) is 18.2 Å². The molecule has 1 aromatic rings. The van der Waals surface area contributed by atoms with E-state index in [1.165, 1.54) is 0 Å². The highest BCUT2D eigenvalue weighted by Gasteiger charge is 2.04. The summed E-state index contributed by atoms with van der Waals surface area (Å²) in [7, 11) is 0. The van der Waals surface area contributed by atoms with E-state index in [-0.39, 0.29) is 12.3 Å². The van der Waals surface area contributed by atoms with Gasteiger partial charge in [0.05, 0.1) is 19.6 Å². The van der Waals surface area contributed by atoms with Crippen molar-refractivity contribution in [3.05, 3.63) is 29.3 Å². The van der Waals surface area contributed by atoms with Crippen LogP contribution >= 0.6 is 0 Å². The van der Waals surface area contributed by atoms with Crippen molar-refractivity contribution in [3.63, 3.8) is 0 Å². The van der Waals surface area contributed by atoms with E-state index in [9.17, 15) is 4.79 Å². The summed E-state index contributed by atoms with van der Waals surface area (Å²) in [5.41, 5.74) is 4.62. The van der Waals surface area contributed by atoms with Gasteiger partial charge in [0.25, 0.3) is 0 Å². The molecular weight excluding hydrogens is 242 g/mol. The SMILES string of the molecule is Cc1ccc(C)c(OCCC(=O)NOCC(C)C)c1. The quantitative estimate of drug-likeness (QED) is 0.771. The van der Waals surface area contributed by atoms with Crippen LogP contribution in [0.1, 0.15) is 31.4 Å². The van der Waals surface area contributed by atoms with E-state index in [2.05, 4.69) is 5.48 Å². The van der Waals surface area contributed by atoms with Crippen molar-refractivity contribution < 1.29 is 14.4 Å². The summed E-state index contributed by atoms with van der Waals surface area (Å²) >= 11 is 0. The van der Waals surface area contributed by atoms with E-state index in [0.29, 0.717) is 19.1 Å². The summed E-state index contributed by atoms with van der Waals surface area (Å²) in [6.45, 7) is 8.91. The van der Waals surface area contributed by atoms with Gasteiger partial charge < -0.3 is 4.74 Å². The molecule has 0 aliphatic heterocycles. The summed E-state index contributed by atoms with van der Waals surface area (Å²) in [6.07, 6.45) is 0.283. The number of benzene rings is 1. The molecule has 19 heavy (non-hydrogen) atoms. The van der Waals surface area contributed by atoms with Gasteiger partial charge in [-0.15, -0.1) is 0 Å². The van der Waals surface area contributed by atoms with Crippen LogP contribution in [0, 0.1) is 19.8 Å². The molecule has 0 saturated carbocycles. The van der Waals surface area contributed by atoms with Crippen molar-refractivity contribution >= 4 is 5.91 Å². The number of nitrogens with one attached hydrogen (secondary N) is 1. The van der Waals surface area contributed by atoms with E-state index in [1.807, 2.05) is 45.9 Å². The largest absolute Gasteiger partial charge is 0.493 e. The first-order chi connectivity index (χ1) is 8.99. The zero-order valence-electron chi connectivity index (χ0n) is 12.2. The molecule has 0 spiro atoms. The fourth-order valence-corrected chi connectivity index (χ4v) is 1.46. The third-order valence-electron chi connectivity index (χ3n) is 2.53. The Labute approximate surface area is 115 Å². The maximum Gasteiger partial charge on any atom is 0.246 e. The normalized spacial score (nSPS) is 10.6. The van der Waals surface area contributed by atoms with Gasteiger partial charge in [-0.05, 0) is 37.0 Å². The Morgan fingerprint density at radius 3 is 2.74 bits per heavy atom. The first-order valence-corrected chi connectivity index (χ1v) is 6.59. The summed E-state index contributed by atoms with van der Waals surface area (Å²) in [6, 6.07) is 6.02. The number of hydrogen-bond acceptors (Lipinski definition) is 3. The van der Waals surface area contributed by atoms with Gasteiger partial charge in [0.15, 0.2) is 0 Å². The van der Waals surface area contributed by atoms with Crippen molar-refractivity contribution in [1.82, 2.24) is 5.48 Å². The molecule has 1 N–H and O–H groups in total. The van der Waals surface area contributed by atoms with Crippen LogP contribution in [0.3, 0.4) is 0 Å². The second-order valence-corrected chi connectivity index (χ2v) is 5.10. The standard InChI is InChI=1S/C15H23NO3/c1-11(2)10-19-16-15(17)7-8-18-14-9-12(3)5-6-13(14)4/h5-6,9,11H,7-8,10H2,1-4H3,(H,16,17). The average Bonchev–Trinajstić information content (AvgIpc) is 2.33. The molecule has 0 heterocycles. The van der Waals surface area contributed by atoms with Crippen LogP contribution in [0.25, 0.3) is 0 Å². The molecule has 0 aromatic heterocycles. The number of aryl methyl sites for hydroxylation is 2. The molecule has 1 rings (SSSR count). The Morgan fingerprint density at radius 1 is 1.32 bits per heavy atom. The molecule has 0 radical (unpaired) electrons. The lowest BCUT2D eigenvalue weighted by Gasteiger charge is -2.10. The average molecular weight is 265 g/mol. The number of amides is 1. The molecule has 0 aliphatic carbocycles. The maximum atomic E-state index is 11.5. The molecule has 4 heteroatoms. The first-order valence-electron chi connectivity index (χ1n) is 6.59. The minimum Gasteiger partial charge on any atom is -0.493 e. The van der Waals surface area contributed by atoms with Crippen LogP contribution in [0.5, 0.6) is 5.75 Å². The topological polar surface area (TPSA) is 47.6 Å². The summed E-state index contributed by atoms with van der Waals surface area (Å²) in [5, 5.41) is 0. The van der Waals surface area contributed by atoms with Gasteiger partial charge in [0.1, 0.15) is 5.75 Å². The smallest absolute Gasteiger partial charge is 0.246 e. The third-order valence-corrected chi connectivity index (χ3v) is 2.53. The van der Waals surface area contributed by atoms with Crippen LogP contribution in [0.4, 0.5) is 0 Å². The Hall–Kier alpha value is -1.55. The van der Waals surface area contributed by atoms with Crippen LogP contribution < -0.4 is 10.2 Å². The Kier molecular flexibility index (Phi) is 6.36.